The zero-order valence-electron chi connectivity index (χ0n) is 19.1. The Morgan fingerprint density at radius 3 is 2.45 bits per heavy atom. The number of carbonyl (C=O) groups is 3. The van der Waals surface area contributed by atoms with Crippen molar-refractivity contribution < 1.29 is 19.1 Å². The van der Waals surface area contributed by atoms with Gasteiger partial charge in [0.15, 0.2) is 0 Å². The van der Waals surface area contributed by atoms with Gasteiger partial charge in [-0.15, -0.1) is 0 Å². The molecule has 2 saturated heterocycles. The van der Waals surface area contributed by atoms with Crippen LogP contribution in [-0.2, 0) is 25.5 Å². The number of hydrogen-bond acceptors (Lipinski definition) is 5. The zero-order chi connectivity index (χ0) is 22.6. The molecule has 2 fully saturated rings. The molecule has 31 heavy (non-hydrogen) atoms. The summed E-state index contributed by atoms with van der Waals surface area (Å²) in [6.07, 6.45) is 3.55. The molecule has 3 rings (SSSR count). The van der Waals surface area contributed by atoms with Gasteiger partial charge in [-0.25, -0.2) is 4.79 Å². The molecule has 7 nitrogen and oxygen atoms in total. The topological polar surface area (TPSA) is 79.0 Å². The summed E-state index contributed by atoms with van der Waals surface area (Å²) in [7, 11) is 3.29. The lowest BCUT2D eigenvalue weighted by Gasteiger charge is -2.40. The highest BCUT2D eigenvalue weighted by Gasteiger charge is 2.52. The van der Waals surface area contributed by atoms with Gasteiger partial charge in [-0.05, 0) is 50.8 Å². The summed E-state index contributed by atoms with van der Waals surface area (Å²) < 4.78 is 4.92. The van der Waals surface area contributed by atoms with Crippen molar-refractivity contribution in [1.29, 1.82) is 0 Å². The molecule has 0 spiro atoms. The summed E-state index contributed by atoms with van der Waals surface area (Å²) in [5.41, 5.74) is -0.0143. The number of nitrogens with one attached hydrogen (secondary N) is 1. The number of carbonyl (C=O) groups excluding carboxylic acids is 3. The van der Waals surface area contributed by atoms with E-state index >= 15 is 0 Å². The molecule has 1 aromatic rings. The van der Waals surface area contributed by atoms with Crippen LogP contribution < -0.4 is 5.32 Å². The Morgan fingerprint density at radius 2 is 1.87 bits per heavy atom. The van der Waals surface area contributed by atoms with Crippen LogP contribution in [0.4, 0.5) is 0 Å². The Kier molecular flexibility index (Phi) is 7.36. The maximum Gasteiger partial charge on any atom is 0.328 e. The van der Waals surface area contributed by atoms with Crippen LogP contribution in [0.25, 0.3) is 0 Å². The van der Waals surface area contributed by atoms with E-state index in [0.717, 1.165) is 31.4 Å². The number of ether oxygens (including phenoxy) is 1. The van der Waals surface area contributed by atoms with Gasteiger partial charge in [0, 0.05) is 13.0 Å². The molecule has 2 heterocycles. The number of nitrogens with zero attached hydrogens (tertiary/aromatic N) is 2. The highest BCUT2D eigenvalue weighted by Crippen LogP contribution is 2.35. The third kappa shape index (κ3) is 4.76. The van der Waals surface area contributed by atoms with Gasteiger partial charge in [0.1, 0.15) is 11.6 Å². The van der Waals surface area contributed by atoms with E-state index in [2.05, 4.69) is 10.2 Å². The van der Waals surface area contributed by atoms with Crippen molar-refractivity contribution in [2.45, 2.75) is 63.6 Å². The Balaban J connectivity index is 1.95. The molecule has 1 N–H and O–H groups in total. The molecule has 0 saturated carbocycles. The van der Waals surface area contributed by atoms with Crippen molar-refractivity contribution in [3.8, 4) is 0 Å². The highest BCUT2D eigenvalue weighted by atomic mass is 16.5. The number of amides is 2. The van der Waals surface area contributed by atoms with Crippen LogP contribution >= 0.6 is 0 Å². The molecule has 0 aliphatic carbocycles. The van der Waals surface area contributed by atoms with Crippen molar-refractivity contribution in [3.63, 3.8) is 0 Å². The lowest BCUT2D eigenvalue weighted by Crippen LogP contribution is -2.63. The van der Waals surface area contributed by atoms with Gasteiger partial charge in [0.2, 0.25) is 11.8 Å². The summed E-state index contributed by atoms with van der Waals surface area (Å²) >= 11 is 0. The first-order chi connectivity index (χ1) is 14.8. The first kappa shape index (κ1) is 23.3. The van der Waals surface area contributed by atoms with E-state index in [1.807, 2.05) is 51.2 Å². The summed E-state index contributed by atoms with van der Waals surface area (Å²) in [4.78, 5) is 43.6. The van der Waals surface area contributed by atoms with Gasteiger partial charge < -0.3 is 15.0 Å². The first-order valence-electron chi connectivity index (χ1n) is 11.2. The number of likely N-dealkylation sites (tertiary alicyclic amines) is 2. The van der Waals surface area contributed by atoms with E-state index < -0.39 is 17.6 Å². The van der Waals surface area contributed by atoms with Crippen LogP contribution in [0.15, 0.2) is 30.3 Å². The molecule has 0 radical (unpaired) electrons. The van der Waals surface area contributed by atoms with E-state index in [1.54, 1.807) is 4.90 Å². The normalized spacial score (nSPS) is 24.9. The Morgan fingerprint density at radius 1 is 1.16 bits per heavy atom. The van der Waals surface area contributed by atoms with Crippen LogP contribution in [0.5, 0.6) is 0 Å². The summed E-state index contributed by atoms with van der Waals surface area (Å²) in [5.74, 6) is -0.851. The lowest BCUT2D eigenvalue weighted by molar-refractivity contribution is -0.151. The second-order valence-electron chi connectivity index (χ2n) is 9.14. The summed E-state index contributed by atoms with van der Waals surface area (Å²) in [5, 5.41) is 2.94. The molecule has 170 valence electrons. The van der Waals surface area contributed by atoms with Crippen molar-refractivity contribution >= 4 is 17.8 Å². The van der Waals surface area contributed by atoms with Crippen molar-refractivity contribution in [3.05, 3.63) is 35.9 Å². The number of esters is 1. The molecule has 2 amide bonds. The minimum absolute atomic E-state index is 0.0164. The number of likely N-dealkylation sites (N-methyl/N-ethyl adjacent to an activating group) is 1. The third-order valence-electron chi connectivity index (χ3n) is 6.73. The molecular formula is C24H35N3O4. The van der Waals surface area contributed by atoms with Gasteiger partial charge in [0.05, 0.1) is 13.2 Å². The van der Waals surface area contributed by atoms with Gasteiger partial charge in [-0.3, -0.25) is 14.5 Å². The Labute approximate surface area is 185 Å². The fraction of sp³-hybridized carbons (Fsp3) is 0.625. The van der Waals surface area contributed by atoms with Crippen molar-refractivity contribution in [2.24, 2.45) is 5.92 Å². The molecule has 3 atom stereocenters. The third-order valence-corrected chi connectivity index (χ3v) is 6.73. The standard InChI is InChI=1S/C24H35N3O4/c1-17(2)20(22(29)31-4)25-23(30)24(16-18-10-6-5-7-11-18)13-9-15-27(24)21(28)19-12-8-14-26(19)3/h5-7,10-11,17,19-20H,8-9,12-16H2,1-4H3,(H,25,30)/t19-,20-,24?/m0/s1. The largest absolute Gasteiger partial charge is 0.467 e. The van der Waals surface area contributed by atoms with Crippen LogP contribution in [0.1, 0.15) is 45.1 Å². The average Bonchev–Trinajstić information content (AvgIpc) is 3.38. The molecule has 1 aromatic carbocycles. The number of benzene rings is 1. The molecule has 0 aromatic heterocycles. The maximum atomic E-state index is 13.8. The summed E-state index contributed by atoms with van der Waals surface area (Å²) in [6.45, 7) is 5.18. The van der Waals surface area contributed by atoms with Crippen LogP contribution in [0, 0.1) is 5.92 Å². The average molecular weight is 430 g/mol. The number of hydrogen-bond donors (Lipinski definition) is 1. The minimum atomic E-state index is -1.01. The van der Waals surface area contributed by atoms with Gasteiger partial charge in [-0.2, -0.15) is 0 Å². The minimum Gasteiger partial charge on any atom is -0.467 e. The SMILES string of the molecule is COC(=O)[C@@H](NC(=O)C1(Cc2ccccc2)CCCN1C(=O)[C@@H]1CCCN1C)C(C)C. The predicted molar refractivity (Wildman–Crippen MR) is 118 cm³/mol. The highest BCUT2D eigenvalue weighted by molar-refractivity contribution is 5.96. The number of rotatable bonds is 7. The van der Waals surface area contributed by atoms with Crippen LogP contribution in [-0.4, -0.2) is 72.5 Å². The van der Waals surface area contributed by atoms with Gasteiger partial charge in [-0.1, -0.05) is 44.2 Å². The number of methoxy groups -OCH3 is 1. The maximum absolute atomic E-state index is 13.8. The van der Waals surface area contributed by atoms with E-state index in [4.69, 9.17) is 4.74 Å². The molecule has 2 aliphatic rings. The monoisotopic (exact) mass is 429 g/mol. The summed E-state index contributed by atoms with van der Waals surface area (Å²) in [6, 6.07) is 8.85. The van der Waals surface area contributed by atoms with E-state index in [9.17, 15) is 14.4 Å². The first-order valence-corrected chi connectivity index (χ1v) is 11.2. The van der Waals surface area contributed by atoms with Crippen molar-refractivity contribution in [1.82, 2.24) is 15.1 Å². The van der Waals surface area contributed by atoms with E-state index in [-0.39, 0.29) is 23.8 Å². The van der Waals surface area contributed by atoms with Crippen molar-refractivity contribution in [2.75, 3.05) is 27.2 Å². The van der Waals surface area contributed by atoms with Crippen LogP contribution in [0.2, 0.25) is 0 Å². The van der Waals surface area contributed by atoms with Gasteiger partial charge >= 0.3 is 5.97 Å². The van der Waals surface area contributed by atoms with E-state index in [0.29, 0.717) is 19.4 Å². The smallest absolute Gasteiger partial charge is 0.328 e. The fourth-order valence-electron chi connectivity index (χ4n) is 4.94. The fourth-order valence-corrected chi connectivity index (χ4v) is 4.94. The lowest BCUT2D eigenvalue weighted by atomic mass is 9.85. The second-order valence-corrected chi connectivity index (χ2v) is 9.14. The van der Waals surface area contributed by atoms with E-state index in [1.165, 1.54) is 7.11 Å². The molecular weight excluding hydrogens is 394 g/mol. The molecule has 2 aliphatic heterocycles. The second kappa shape index (κ2) is 9.81. The van der Waals surface area contributed by atoms with Crippen LogP contribution in [0.3, 0.4) is 0 Å². The molecule has 1 unspecified atom stereocenters. The quantitative estimate of drug-likeness (QED) is 0.671. The predicted octanol–water partition coefficient (Wildman–Crippen LogP) is 2.00. The Hall–Kier alpha value is -2.41. The zero-order valence-corrected chi connectivity index (χ0v) is 19.1. The Bertz CT molecular complexity index is 797. The van der Waals surface area contributed by atoms with Gasteiger partial charge in [0.25, 0.3) is 0 Å². The molecule has 7 heteroatoms. The molecule has 0 bridgehead atoms.